The fourth-order valence-electron chi connectivity index (χ4n) is 3.55. The molecule has 4 rings (SSSR count). The van der Waals surface area contributed by atoms with Gasteiger partial charge in [0, 0.05) is 12.3 Å². The van der Waals surface area contributed by atoms with E-state index >= 15 is 0 Å². The Morgan fingerprint density at radius 2 is 1.62 bits per heavy atom. The standard InChI is InChI=1S/C19H17NO4/c20-19(18(22)23)9-16(19)17(21)24-10-15-13-7-3-1-5-11(13)12-6-2-4-8-14(12)15/h1-8,15-16H,9-10,20H2,(H,22,23)/t16-,19+/m0/s1. The quantitative estimate of drug-likeness (QED) is 0.807. The fourth-order valence-corrected chi connectivity index (χ4v) is 3.55. The molecule has 24 heavy (non-hydrogen) atoms. The first-order valence-electron chi connectivity index (χ1n) is 7.94. The predicted octanol–water partition coefficient (Wildman–Crippen LogP) is 0.0926. The van der Waals surface area contributed by atoms with Crippen LogP contribution in [0.5, 0.6) is 0 Å². The zero-order valence-corrected chi connectivity index (χ0v) is 13.0. The van der Waals surface area contributed by atoms with Crippen LogP contribution in [0.15, 0.2) is 48.5 Å². The van der Waals surface area contributed by atoms with Crippen LogP contribution >= 0.6 is 0 Å². The number of benzene rings is 2. The van der Waals surface area contributed by atoms with Crippen molar-refractivity contribution in [3.05, 3.63) is 59.7 Å². The summed E-state index contributed by atoms with van der Waals surface area (Å²) in [7, 11) is 0. The van der Waals surface area contributed by atoms with Crippen LogP contribution in [0.25, 0.3) is 11.1 Å². The minimum Gasteiger partial charge on any atom is -0.544 e. The maximum atomic E-state index is 12.2. The van der Waals surface area contributed by atoms with E-state index in [0.717, 1.165) is 22.3 Å². The number of ether oxygens (including phenoxy) is 1. The van der Waals surface area contributed by atoms with Crippen molar-refractivity contribution in [2.45, 2.75) is 17.9 Å². The van der Waals surface area contributed by atoms with Crippen molar-refractivity contribution in [3.63, 3.8) is 0 Å². The van der Waals surface area contributed by atoms with Crippen molar-refractivity contribution in [1.29, 1.82) is 0 Å². The SMILES string of the molecule is [NH3+][C@]1(C(=O)[O-])C[C@H]1C(=O)OCC1c2ccccc2-c2ccccc21. The lowest BCUT2D eigenvalue weighted by atomic mass is 9.98. The number of fused-ring (bicyclic) bond motifs is 3. The second-order valence-electron chi connectivity index (χ2n) is 6.56. The maximum absolute atomic E-state index is 12.2. The Morgan fingerprint density at radius 3 is 2.12 bits per heavy atom. The number of rotatable bonds is 4. The number of carboxylic acids is 1. The van der Waals surface area contributed by atoms with Crippen molar-refractivity contribution in [2.75, 3.05) is 6.61 Å². The average Bonchev–Trinajstić information content (AvgIpc) is 3.20. The second kappa shape index (κ2) is 5.18. The lowest BCUT2D eigenvalue weighted by Crippen LogP contribution is -2.72. The van der Waals surface area contributed by atoms with E-state index in [1.807, 2.05) is 36.4 Å². The topological polar surface area (TPSA) is 94.1 Å². The van der Waals surface area contributed by atoms with Gasteiger partial charge < -0.3 is 20.4 Å². The van der Waals surface area contributed by atoms with Crippen LogP contribution < -0.4 is 10.8 Å². The van der Waals surface area contributed by atoms with Gasteiger partial charge in [-0.3, -0.25) is 4.79 Å². The molecule has 3 N–H and O–H groups in total. The Balaban J connectivity index is 1.54. The molecule has 0 spiro atoms. The van der Waals surface area contributed by atoms with E-state index in [1.165, 1.54) is 0 Å². The third kappa shape index (κ3) is 2.12. The second-order valence-corrected chi connectivity index (χ2v) is 6.56. The smallest absolute Gasteiger partial charge is 0.316 e. The molecule has 0 aromatic heterocycles. The van der Waals surface area contributed by atoms with Crippen molar-refractivity contribution in [2.24, 2.45) is 5.92 Å². The molecule has 0 amide bonds. The molecule has 122 valence electrons. The number of quaternary nitrogens is 1. The van der Waals surface area contributed by atoms with E-state index in [9.17, 15) is 14.7 Å². The highest BCUT2D eigenvalue weighted by atomic mass is 16.5. The van der Waals surface area contributed by atoms with E-state index in [4.69, 9.17) is 4.74 Å². The summed E-state index contributed by atoms with van der Waals surface area (Å²) in [5, 5.41) is 11.0. The number of carbonyl (C=O) groups excluding carboxylic acids is 2. The van der Waals surface area contributed by atoms with Crippen LogP contribution in [0.4, 0.5) is 0 Å². The Labute approximate surface area is 139 Å². The van der Waals surface area contributed by atoms with Gasteiger partial charge in [-0.25, -0.2) is 0 Å². The molecular weight excluding hydrogens is 306 g/mol. The zero-order valence-electron chi connectivity index (χ0n) is 13.0. The fraction of sp³-hybridized carbons (Fsp3) is 0.263. The number of esters is 1. The van der Waals surface area contributed by atoms with Crippen LogP contribution in [-0.2, 0) is 14.3 Å². The van der Waals surface area contributed by atoms with Gasteiger partial charge in [-0.05, 0) is 22.3 Å². The summed E-state index contributed by atoms with van der Waals surface area (Å²) in [5.74, 6) is -2.52. The van der Waals surface area contributed by atoms with Crippen molar-refractivity contribution in [1.82, 2.24) is 0 Å². The molecule has 2 aliphatic rings. The summed E-state index contributed by atoms with van der Waals surface area (Å²) in [6.07, 6.45) is 0.187. The Kier molecular flexibility index (Phi) is 3.21. The Morgan fingerprint density at radius 1 is 1.08 bits per heavy atom. The van der Waals surface area contributed by atoms with Gasteiger partial charge in [0.25, 0.3) is 0 Å². The van der Waals surface area contributed by atoms with Crippen molar-refractivity contribution in [3.8, 4) is 11.1 Å². The van der Waals surface area contributed by atoms with Gasteiger partial charge in [-0.15, -0.1) is 0 Å². The van der Waals surface area contributed by atoms with Crippen LogP contribution in [0.1, 0.15) is 23.5 Å². The van der Waals surface area contributed by atoms with Crippen LogP contribution in [0.3, 0.4) is 0 Å². The summed E-state index contributed by atoms with van der Waals surface area (Å²) in [4.78, 5) is 23.2. The maximum Gasteiger partial charge on any atom is 0.316 e. The van der Waals surface area contributed by atoms with Crippen molar-refractivity contribution >= 4 is 11.9 Å². The summed E-state index contributed by atoms with van der Waals surface area (Å²) in [6, 6.07) is 16.1. The lowest BCUT2D eigenvalue weighted by Gasteiger charge is -2.15. The summed E-state index contributed by atoms with van der Waals surface area (Å²) < 4.78 is 5.44. The van der Waals surface area contributed by atoms with Gasteiger partial charge in [0.05, 0.1) is 0 Å². The summed E-state index contributed by atoms with van der Waals surface area (Å²) >= 11 is 0. The molecule has 0 unspecified atom stereocenters. The molecular formula is C19H17NO4. The molecule has 2 aromatic carbocycles. The molecule has 0 saturated heterocycles. The van der Waals surface area contributed by atoms with Crippen LogP contribution in [0, 0.1) is 5.92 Å². The van der Waals surface area contributed by atoms with Gasteiger partial charge in [0.1, 0.15) is 24.0 Å². The monoisotopic (exact) mass is 323 g/mol. The van der Waals surface area contributed by atoms with Gasteiger partial charge in [0.2, 0.25) is 0 Å². The first-order valence-corrected chi connectivity index (χ1v) is 7.94. The molecule has 5 nitrogen and oxygen atoms in total. The highest BCUT2D eigenvalue weighted by Gasteiger charge is 2.62. The molecule has 2 aromatic rings. The third-order valence-electron chi connectivity index (χ3n) is 5.12. The Bertz CT molecular complexity index is 801. The minimum absolute atomic E-state index is 0.0257. The zero-order chi connectivity index (χ0) is 16.9. The molecule has 0 bridgehead atoms. The lowest BCUT2D eigenvalue weighted by molar-refractivity contribution is -0.456. The first-order chi connectivity index (χ1) is 11.5. The molecule has 0 radical (unpaired) electrons. The minimum atomic E-state index is -1.32. The molecule has 2 atom stereocenters. The number of aliphatic carboxylic acids is 1. The van der Waals surface area contributed by atoms with Gasteiger partial charge >= 0.3 is 5.97 Å². The Hall–Kier alpha value is -2.66. The number of carbonyl (C=O) groups is 2. The first kappa shape index (κ1) is 14.9. The van der Waals surface area contributed by atoms with E-state index in [2.05, 4.69) is 17.9 Å². The molecule has 0 heterocycles. The van der Waals surface area contributed by atoms with E-state index in [0.29, 0.717) is 0 Å². The highest BCUT2D eigenvalue weighted by molar-refractivity contribution is 5.91. The summed E-state index contributed by atoms with van der Waals surface area (Å²) in [6.45, 7) is 0.201. The molecule has 5 heteroatoms. The normalized spacial score (nSPS) is 24.1. The van der Waals surface area contributed by atoms with Crippen LogP contribution in [0.2, 0.25) is 0 Å². The number of hydrogen-bond donors (Lipinski definition) is 1. The van der Waals surface area contributed by atoms with Gasteiger partial charge in [-0.1, -0.05) is 48.5 Å². The largest absolute Gasteiger partial charge is 0.544 e. The molecule has 0 aliphatic heterocycles. The van der Waals surface area contributed by atoms with E-state index < -0.39 is 23.4 Å². The summed E-state index contributed by atoms with van der Waals surface area (Å²) in [5.41, 5.74) is 6.82. The van der Waals surface area contributed by atoms with E-state index in [1.54, 1.807) is 0 Å². The predicted molar refractivity (Wildman–Crippen MR) is 83.4 cm³/mol. The average molecular weight is 323 g/mol. The number of carboxylic acid groups (broad SMARTS) is 1. The van der Waals surface area contributed by atoms with Gasteiger partial charge in [-0.2, -0.15) is 0 Å². The molecule has 1 saturated carbocycles. The third-order valence-corrected chi connectivity index (χ3v) is 5.12. The number of hydrogen-bond acceptors (Lipinski definition) is 4. The van der Waals surface area contributed by atoms with Crippen LogP contribution in [-0.4, -0.2) is 24.1 Å². The highest BCUT2D eigenvalue weighted by Crippen LogP contribution is 2.45. The molecule has 1 fully saturated rings. The molecule has 2 aliphatic carbocycles. The van der Waals surface area contributed by atoms with Gasteiger partial charge in [0.15, 0.2) is 0 Å². The van der Waals surface area contributed by atoms with Crippen molar-refractivity contribution < 1.29 is 25.2 Å². The van der Waals surface area contributed by atoms with E-state index in [-0.39, 0.29) is 18.9 Å².